The number of nitrogens with one attached hydrogen (secondary N) is 2. The molecule has 0 aliphatic rings. The average molecular weight is 422 g/mol. The Labute approximate surface area is 180 Å². The van der Waals surface area contributed by atoms with Crippen LogP contribution in [0.2, 0.25) is 0 Å². The molecular weight excluding hydrogens is 396 g/mol. The van der Waals surface area contributed by atoms with Gasteiger partial charge in [0.15, 0.2) is 5.69 Å². The first kappa shape index (κ1) is 22.2. The summed E-state index contributed by atoms with van der Waals surface area (Å²) in [6.45, 7) is 1.65. The number of carboxylic acids is 1. The molecule has 31 heavy (non-hydrogen) atoms. The molecule has 0 radical (unpaired) electrons. The second-order valence-electron chi connectivity index (χ2n) is 7.80. The molecule has 1 heterocycles. The number of hydrogen-bond acceptors (Lipinski definition) is 5. The smallest absolute Gasteiger partial charge is 0.311 e. The number of methoxy groups -OCH3 is 1. The second-order valence-corrected chi connectivity index (χ2v) is 7.80. The maximum absolute atomic E-state index is 12.5. The van der Waals surface area contributed by atoms with Gasteiger partial charge in [-0.2, -0.15) is 0 Å². The maximum atomic E-state index is 12.5. The predicted octanol–water partition coefficient (Wildman–Crippen LogP) is 2.94. The van der Waals surface area contributed by atoms with E-state index < -0.39 is 23.3 Å². The van der Waals surface area contributed by atoms with E-state index >= 15 is 0 Å². The number of ether oxygens (including phenoxy) is 1. The molecule has 3 aromatic rings. The van der Waals surface area contributed by atoms with Crippen molar-refractivity contribution in [1.29, 1.82) is 0 Å². The van der Waals surface area contributed by atoms with Gasteiger partial charge in [-0.05, 0) is 36.5 Å². The number of nitrogens with zero attached hydrogens (tertiary/aromatic N) is 2. The minimum atomic E-state index is -1.15. The van der Waals surface area contributed by atoms with Crippen molar-refractivity contribution in [2.24, 2.45) is 5.41 Å². The monoisotopic (exact) mass is 422 g/mol. The number of aliphatic carboxylic acids is 1. The van der Waals surface area contributed by atoms with Crippen LogP contribution in [0.25, 0.3) is 11.1 Å². The number of carbonyl (C=O) groups is 2. The Bertz CT molecular complexity index is 990. The van der Waals surface area contributed by atoms with E-state index in [-0.39, 0.29) is 18.7 Å². The highest BCUT2D eigenvalue weighted by atomic mass is 16.5. The molecule has 0 spiro atoms. The van der Waals surface area contributed by atoms with E-state index in [1.807, 2.05) is 54.6 Å². The molecule has 0 saturated heterocycles. The van der Waals surface area contributed by atoms with Crippen molar-refractivity contribution in [1.82, 2.24) is 20.7 Å². The van der Waals surface area contributed by atoms with E-state index in [0.717, 1.165) is 16.7 Å². The molecule has 1 amide bonds. The fraction of sp³-hybridized carbons (Fsp3) is 0.304. The van der Waals surface area contributed by atoms with Crippen molar-refractivity contribution in [3.8, 4) is 11.1 Å². The number of amides is 1. The Kier molecular flexibility index (Phi) is 7.15. The third-order valence-corrected chi connectivity index (χ3v) is 5.20. The van der Waals surface area contributed by atoms with Gasteiger partial charge in [-0.15, -0.1) is 5.10 Å². The van der Waals surface area contributed by atoms with Gasteiger partial charge in [0.1, 0.15) is 0 Å². The number of hydrogen-bond donors (Lipinski definition) is 3. The van der Waals surface area contributed by atoms with Crippen LogP contribution < -0.4 is 5.32 Å². The number of H-pyrrole nitrogens is 1. The van der Waals surface area contributed by atoms with Crippen molar-refractivity contribution in [3.05, 3.63) is 72.1 Å². The number of carboxylic acid groups (broad SMARTS) is 1. The zero-order chi connectivity index (χ0) is 22.3. The van der Waals surface area contributed by atoms with E-state index in [0.29, 0.717) is 6.42 Å². The average Bonchev–Trinajstić information content (AvgIpc) is 3.30. The fourth-order valence-corrected chi connectivity index (χ4v) is 3.56. The maximum Gasteiger partial charge on any atom is 0.311 e. The summed E-state index contributed by atoms with van der Waals surface area (Å²) in [6.07, 6.45) is 2.05. The number of carbonyl (C=O) groups excluding carboxylic acids is 1. The highest BCUT2D eigenvalue weighted by Crippen LogP contribution is 2.27. The van der Waals surface area contributed by atoms with Crippen LogP contribution in [0.1, 0.15) is 29.4 Å². The van der Waals surface area contributed by atoms with Gasteiger partial charge in [-0.3, -0.25) is 14.7 Å². The lowest BCUT2D eigenvalue weighted by atomic mass is 9.82. The third kappa shape index (κ3) is 5.76. The van der Waals surface area contributed by atoms with Crippen LogP contribution in [-0.2, 0) is 16.0 Å². The Morgan fingerprint density at radius 2 is 1.81 bits per heavy atom. The number of aromatic amines is 1. The normalized spacial score (nSPS) is 13.9. The zero-order valence-corrected chi connectivity index (χ0v) is 17.5. The summed E-state index contributed by atoms with van der Waals surface area (Å²) in [5.74, 6) is -1.39. The van der Waals surface area contributed by atoms with Gasteiger partial charge in [-0.1, -0.05) is 59.8 Å². The lowest BCUT2D eigenvalue weighted by Gasteiger charge is -2.29. The summed E-state index contributed by atoms with van der Waals surface area (Å²) in [5.41, 5.74) is 2.18. The van der Waals surface area contributed by atoms with Crippen LogP contribution in [0.5, 0.6) is 0 Å². The molecule has 0 fully saturated rings. The van der Waals surface area contributed by atoms with E-state index in [9.17, 15) is 14.7 Å². The van der Waals surface area contributed by atoms with Crippen LogP contribution in [0.3, 0.4) is 0 Å². The Hall–Kier alpha value is -3.52. The number of rotatable bonds is 10. The Balaban J connectivity index is 1.80. The van der Waals surface area contributed by atoms with Crippen LogP contribution in [-0.4, -0.2) is 52.2 Å². The molecule has 1 unspecified atom stereocenters. The van der Waals surface area contributed by atoms with Crippen molar-refractivity contribution in [2.75, 3.05) is 13.7 Å². The van der Waals surface area contributed by atoms with Crippen molar-refractivity contribution < 1.29 is 19.4 Å². The van der Waals surface area contributed by atoms with Gasteiger partial charge in [0.25, 0.3) is 5.91 Å². The molecule has 3 rings (SSSR count). The summed E-state index contributed by atoms with van der Waals surface area (Å²) < 4.78 is 5.14. The molecule has 0 aliphatic heterocycles. The van der Waals surface area contributed by atoms with Crippen molar-refractivity contribution >= 4 is 11.9 Å². The summed E-state index contributed by atoms with van der Waals surface area (Å²) in [6, 6.07) is 17.6. The molecule has 1 aromatic heterocycles. The van der Waals surface area contributed by atoms with Crippen LogP contribution in [0.4, 0.5) is 0 Å². The summed E-state index contributed by atoms with van der Waals surface area (Å²) in [5, 5.41) is 22.4. The molecule has 2 aromatic carbocycles. The Morgan fingerprint density at radius 1 is 1.13 bits per heavy atom. The van der Waals surface area contributed by atoms with Gasteiger partial charge >= 0.3 is 5.97 Å². The highest BCUT2D eigenvalue weighted by Gasteiger charge is 2.36. The molecule has 0 bridgehead atoms. The standard InChI is InChI=1S/C23H26N4O4/c1-23(15-31-2,22(29)30)13-19(25-21(28)20-14-24-27-26-20)12-16-8-10-18(11-9-16)17-6-4-3-5-7-17/h3-11,14,19H,12-13,15H2,1-2H3,(H,25,28)(H,29,30)(H,24,26,27)/t19-,23?/m1/s1. The first-order chi connectivity index (χ1) is 14.9. The van der Waals surface area contributed by atoms with Crippen molar-refractivity contribution in [2.45, 2.75) is 25.8 Å². The van der Waals surface area contributed by atoms with Crippen LogP contribution in [0, 0.1) is 5.41 Å². The van der Waals surface area contributed by atoms with Crippen molar-refractivity contribution in [3.63, 3.8) is 0 Å². The molecule has 8 nitrogen and oxygen atoms in total. The third-order valence-electron chi connectivity index (χ3n) is 5.20. The van der Waals surface area contributed by atoms with Gasteiger partial charge < -0.3 is 15.2 Å². The Morgan fingerprint density at radius 3 is 2.39 bits per heavy atom. The predicted molar refractivity (Wildman–Crippen MR) is 115 cm³/mol. The number of benzene rings is 2. The molecule has 3 N–H and O–H groups in total. The molecule has 2 atom stereocenters. The first-order valence-electron chi connectivity index (χ1n) is 9.95. The summed E-state index contributed by atoms with van der Waals surface area (Å²) in [4.78, 5) is 24.4. The van der Waals surface area contributed by atoms with E-state index in [1.54, 1.807) is 6.92 Å². The molecule has 162 valence electrons. The van der Waals surface area contributed by atoms with E-state index in [2.05, 4.69) is 20.7 Å². The lowest BCUT2D eigenvalue weighted by Crippen LogP contribution is -2.44. The second kappa shape index (κ2) is 9.99. The quantitative estimate of drug-likeness (QED) is 0.462. The largest absolute Gasteiger partial charge is 0.481 e. The fourth-order valence-electron chi connectivity index (χ4n) is 3.56. The highest BCUT2D eigenvalue weighted by molar-refractivity contribution is 5.92. The van der Waals surface area contributed by atoms with E-state index in [4.69, 9.17) is 4.74 Å². The summed E-state index contributed by atoms with van der Waals surface area (Å²) in [7, 11) is 1.46. The van der Waals surface area contributed by atoms with Crippen LogP contribution in [0.15, 0.2) is 60.8 Å². The molecular formula is C23H26N4O4. The molecule has 0 saturated carbocycles. The van der Waals surface area contributed by atoms with Gasteiger partial charge in [0.05, 0.1) is 18.2 Å². The van der Waals surface area contributed by atoms with Gasteiger partial charge in [0.2, 0.25) is 0 Å². The minimum Gasteiger partial charge on any atom is -0.481 e. The van der Waals surface area contributed by atoms with E-state index in [1.165, 1.54) is 13.3 Å². The topological polar surface area (TPSA) is 117 Å². The molecule has 0 aliphatic carbocycles. The zero-order valence-electron chi connectivity index (χ0n) is 17.5. The first-order valence-corrected chi connectivity index (χ1v) is 9.95. The van der Waals surface area contributed by atoms with Gasteiger partial charge in [-0.25, -0.2) is 0 Å². The SMILES string of the molecule is COCC(C)(C[C@@H](Cc1ccc(-c2ccccc2)cc1)NC(=O)c1c[nH]nn1)C(=O)O. The lowest BCUT2D eigenvalue weighted by molar-refractivity contribution is -0.152. The minimum absolute atomic E-state index is 0.0333. The molecule has 8 heteroatoms. The number of aromatic nitrogens is 3. The van der Waals surface area contributed by atoms with Crippen LogP contribution >= 0.6 is 0 Å². The van der Waals surface area contributed by atoms with Gasteiger partial charge in [0, 0.05) is 13.2 Å². The summed E-state index contributed by atoms with van der Waals surface area (Å²) >= 11 is 0.